The summed E-state index contributed by atoms with van der Waals surface area (Å²) in [5.74, 6) is -1.11. The third-order valence-corrected chi connectivity index (χ3v) is 2.72. The highest BCUT2D eigenvalue weighted by Gasteiger charge is 2.11. The minimum Gasteiger partial charge on any atom is -0.481 e. The van der Waals surface area contributed by atoms with Gasteiger partial charge in [0, 0.05) is 30.2 Å². The number of hydrogen-bond donors (Lipinski definition) is 2. The number of carboxylic acid groups (broad SMARTS) is 1. The summed E-state index contributed by atoms with van der Waals surface area (Å²) in [6, 6.07) is 4.35. The number of anilines is 1. The van der Waals surface area contributed by atoms with Crippen LogP contribution in [0.5, 0.6) is 0 Å². The normalized spacial score (nSPS) is 10.1. The fourth-order valence-electron chi connectivity index (χ4n) is 1.72. The number of nitrogens with one attached hydrogen (secondary N) is 1. The van der Waals surface area contributed by atoms with Gasteiger partial charge in [-0.2, -0.15) is 0 Å². The first-order chi connectivity index (χ1) is 9.40. The second kappa shape index (κ2) is 7.22. The summed E-state index contributed by atoms with van der Waals surface area (Å²) in [5, 5.41) is 21.7. The van der Waals surface area contributed by atoms with Gasteiger partial charge in [-0.15, -0.1) is 0 Å². The molecule has 0 saturated carbocycles. The highest BCUT2D eigenvalue weighted by Crippen LogP contribution is 2.21. The first-order valence-electron chi connectivity index (χ1n) is 6.17. The molecule has 7 nitrogen and oxygen atoms in total. The Morgan fingerprint density at radius 3 is 2.50 bits per heavy atom. The molecule has 0 aliphatic carbocycles. The van der Waals surface area contributed by atoms with Crippen LogP contribution in [0, 0.1) is 17.0 Å². The van der Waals surface area contributed by atoms with E-state index >= 15 is 0 Å². The van der Waals surface area contributed by atoms with Gasteiger partial charge in [-0.25, -0.2) is 0 Å². The number of rotatable bonds is 7. The molecule has 0 aliphatic rings. The van der Waals surface area contributed by atoms with E-state index in [-0.39, 0.29) is 24.4 Å². The van der Waals surface area contributed by atoms with E-state index in [2.05, 4.69) is 5.32 Å². The number of benzene rings is 1. The molecule has 0 radical (unpaired) electrons. The Bertz CT molecular complexity index is 527. The predicted octanol–water partition coefficient (Wildman–Crippen LogP) is 2.49. The average Bonchev–Trinajstić information content (AvgIpc) is 2.34. The van der Waals surface area contributed by atoms with Crippen LogP contribution in [0.15, 0.2) is 18.2 Å². The van der Waals surface area contributed by atoms with E-state index in [1.165, 1.54) is 18.2 Å². The molecule has 0 aromatic heterocycles. The highest BCUT2D eigenvalue weighted by molar-refractivity contribution is 5.90. The number of unbranched alkanes of at least 4 members (excludes halogenated alkanes) is 1. The number of nitro groups is 1. The lowest BCUT2D eigenvalue weighted by atomic mass is 10.1. The molecular formula is C13H16N2O5. The minimum absolute atomic E-state index is 0.00413. The molecule has 0 spiro atoms. The molecule has 0 saturated heterocycles. The SMILES string of the molecule is Cc1cc(NC(=O)CCCCC(=O)O)ccc1[N+](=O)[O-]. The number of carboxylic acids is 1. The van der Waals surface area contributed by atoms with Crippen LogP contribution >= 0.6 is 0 Å². The Kier molecular flexibility index (Phi) is 5.64. The van der Waals surface area contributed by atoms with E-state index in [4.69, 9.17) is 5.11 Å². The van der Waals surface area contributed by atoms with Crippen molar-refractivity contribution in [2.75, 3.05) is 5.32 Å². The zero-order valence-electron chi connectivity index (χ0n) is 11.1. The number of hydrogen-bond acceptors (Lipinski definition) is 4. The number of aliphatic carboxylic acids is 1. The number of nitrogens with zero attached hydrogens (tertiary/aromatic N) is 1. The van der Waals surface area contributed by atoms with Crippen molar-refractivity contribution in [3.63, 3.8) is 0 Å². The van der Waals surface area contributed by atoms with Gasteiger partial charge in [0.1, 0.15) is 0 Å². The fraction of sp³-hybridized carbons (Fsp3) is 0.385. The molecule has 0 fully saturated rings. The Labute approximate surface area is 115 Å². The third kappa shape index (κ3) is 5.05. The maximum atomic E-state index is 11.6. The molecule has 1 aromatic carbocycles. The molecule has 1 rings (SSSR count). The van der Waals surface area contributed by atoms with Gasteiger partial charge in [0.25, 0.3) is 5.69 Å². The van der Waals surface area contributed by atoms with Crippen LogP contribution in [0.2, 0.25) is 0 Å². The molecule has 1 amide bonds. The Hall–Kier alpha value is -2.44. The van der Waals surface area contributed by atoms with Gasteiger partial charge in [0.05, 0.1) is 4.92 Å². The largest absolute Gasteiger partial charge is 0.481 e. The van der Waals surface area contributed by atoms with Crippen molar-refractivity contribution in [3.05, 3.63) is 33.9 Å². The van der Waals surface area contributed by atoms with Crippen molar-refractivity contribution in [2.45, 2.75) is 32.6 Å². The maximum absolute atomic E-state index is 11.6. The smallest absolute Gasteiger partial charge is 0.303 e. The molecule has 20 heavy (non-hydrogen) atoms. The number of carbonyl (C=O) groups excluding carboxylic acids is 1. The lowest BCUT2D eigenvalue weighted by Crippen LogP contribution is -2.11. The summed E-state index contributed by atoms with van der Waals surface area (Å²) in [6.45, 7) is 1.60. The molecule has 0 bridgehead atoms. The van der Waals surface area contributed by atoms with E-state index in [0.29, 0.717) is 24.1 Å². The second-order valence-corrected chi connectivity index (χ2v) is 4.41. The van der Waals surface area contributed by atoms with Crippen molar-refractivity contribution in [3.8, 4) is 0 Å². The molecule has 0 heterocycles. The van der Waals surface area contributed by atoms with Gasteiger partial charge in [-0.05, 0) is 31.9 Å². The van der Waals surface area contributed by atoms with E-state index in [1.807, 2.05) is 0 Å². The van der Waals surface area contributed by atoms with Gasteiger partial charge in [0.2, 0.25) is 5.91 Å². The quantitative estimate of drug-likeness (QED) is 0.453. The van der Waals surface area contributed by atoms with Gasteiger partial charge >= 0.3 is 5.97 Å². The van der Waals surface area contributed by atoms with Crippen LogP contribution in [-0.4, -0.2) is 21.9 Å². The summed E-state index contributed by atoms with van der Waals surface area (Å²) in [5.41, 5.74) is 0.972. The topological polar surface area (TPSA) is 110 Å². The predicted molar refractivity (Wildman–Crippen MR) is 72.6 cm³/mol. The van der Waals surface area contributed by atoms with Gasteiger partial charge in [0.15, 0.2) is 0 Å². The van der Waals surface area contributed by atoms with E-state index in [0.717, 1.165) is 0 Å². The van der Waals surface area contributed by atoms with Gasteiger partial charge < -0.3 is 10.4 Å². The molecule has 0 aliphatic heterocycles. The second-order valence-electron chi connectivity index (χ2n) is 4.41. The van der Waals surface area contributed by atoms with Crippen molar-refractivity contribution in [2.24, 2.45) is 0 Å². The van der Waals surface area contributed by atoms with Gasteiger partial charge in [-0.1, -0.05) is 0 Å². The summed E-state index contributed by atoms with van der Waals surface area (Å²) < 4.78 is 0. The summed E-state index contributed by atoms with van der Waals surface area (Å²) >= 11 is 0. The number of nitro benzene ring substituents is 1. The van der Waals surface area contributed by atoms with Crippen LogP contribution in [-0.2, 0) is 9.59 Å². The molecule has 1 aromatic rings. The number of aryl methyl sites for hydroxylation is 1. The first kappa shape index (κ1) is 15.6. The summed E-state index contributed by atoms with van der Waals surface area (Å²) in [7, 11) is 0. The fourth-order valence-corrected chi connectivity index (χ4v) is 1.72. The summed E-state index contributed by atoms with van der Waals surface area (Å²) in [6.07, 6.45) is 1.21. The Balaban J connectivity index is 2.48. The monoisotopic (exact) mass is 280 g/mol. The van der Waals surface area contributed by atoms with Crippen molar-refractivity contribution < 1.29 is 19.6 Å². The van der Waals surface area contributed by atoms with E-state index < -0.39 is 10.9 Å². The lowest BCUT2D eigenvalue weighted by molar-refractivity contribution is -0.385. The standard InChI is InChI=1S/C13H16N2O5/c1-9-8-10(6-7-11(9)15(19)20)14-12(16)4-2-3-5-13(17)18/h6-8H,2-5H2,1H3,(H,14,16)(H,17,18). The minimum atomic E-state index is -0.878. The zero-order chi connectivity index (χ0) is 15.1. The maximum Gasteiger partial charge on any atom is 0.303 e. The van der Waals surface area contributed by atoms with Crippen LogP contribution in [0.25, 0.3) is 0 Å². The molecule has 0 atom stereocenters. The van der Waals surface area contributed by atoms with Crippen LogP contribution < -0.4 is 5.32 Å². The molecule has 7 heteroatoms. The molecule has 2 N–H and O–H groups in total. The number of amides is 1. The van der Waals surface area contributed by atoms with Crippen molar-refractivity contribution in [1.82, 2.24) is 0 Å². The molecular weight excluding hydrogens is 264 g/mol. The number of carbonyl (C=O) groups is 2. The zero-order valence-corrected chi connectivity index (χ0v) is 11.1. The van der Waals surface area contributed by atoms with Crippen LogP contribution in [0.1, 0.15) is 31.2 Å². The molecule has 0 unspecified atom stereocenters. The summed E-state index contributed by atoms with van der Waals surface area (Å²) in [4.78, 5) is 32.1. The third-order valence-electron chi connectivity index (χ3n) is 2.72. The Morgan fingerprint density at radius 2 is 1.95 bits per heavy atom. The molecule has 108 valence electrons. The average molecular weight is 280 g/mol. The van der Waals surface area contributed by atoms with Gasteiger partial charge in [-0.3, -0.25) is 19.7 Å². The van der Waals surface area contributed by atoms with Crippen molar-refractivity contribution in [1.29, 1.82) is 0 Å². The van der Waals surface area contributed by atoms with E-state index in [1.54, 1.807) is 6.92 Å². The first-order valence-corrected chi connectivity index (χ1v) is 6.17. The van der Waals surface area contributed by atoms with E-state index in [9.17, 15) is 19.7 Å². The highest BCUT2D eigenvalue weighted by atomic mass is 16.6. The van der Waals surface area contributed by atoms with Crippen LogP contribution in [0.3, 0.4) is 0 Å². The van der Waals surface area contributed by atoms with Crippen LogP contribution in [0.4, 0.5) is 11.4 Å². The Morgan fingerprint density at radius 1 is 1.30 bits per heavy atom. The van der Waals surface area contributed by atoms with Crippen molar-refractivity contribution >= 4 is 23.3 Å². The lowest BCUT2D eigenvalue weighted by Gasteiger charge is -2.06.